The fraction of sp³-hybridized carbons (Fsp3) is 0.176. The van der Waals surface area contributed by atoms with E-state index in [-0.39, 0.29) is 0 Å². The highest BCUT2D eigenvalue weighted by atomic mass is 19.2. The van der Waals surface area contributed by atoms with Gasteiger partial charge in [-0.2, -0.15) is 17.6 Å². The Hall–Kier alpha value is -3.32. The van der Waals surface area contributed by atoms with E-state index in [2.05, 4.69) is 9.47 Å². The van der Waals surface area contributed by atoms with Crippen LogP contribution in [0.15, 0.2) is 0 Å². The van der Waals surface area contributed by atoms with Crippen molar-refractivity contribution in [3.63, 3.8) is 0 Å². The number of halogens is 10. The van der Waals surface area contributed by atoms with Gasteiger partial charge >= 0.3 is 11.9 Å². The van der Waals surface area contributed by atoms with Crippen LogP contribution < -0.4 is 9.47 Å². The lowest BCUT2D eigenvalue weighted by Crippen LogP contribution is -2.16. The van der Waals surface area contributed by atoms with Crippen LogP contribution in [-0.4, -0.2) is 11.9 Å². The minimum absolute atomic E-state index is 0.623. The Morgan fingerprint density at radius 2 is 0.677 bits per heavy atom. The smallest absolute Gasteiger partial charge is 0.311 e. The van der Waals surface area contributed by atoms with Crippen LogP contribution in [-0.2, 0) is 9.59 Å². The average molecular weight is 464 g/mol. The van der Waals surface area contributed by atoms with Crippen LogP contribution in [0.1, 0.15) is 19.3 Å². The van der Waals surface area contributed by atoms with Gasteiger partial charge in [-0.15, -0.1) is 0 Å². The van der Waals surface area contributed by atoms with Crippen molar-refractivity contribution in [2.24, 2.45) is 0 Å². The molecule has 0 spiro atoms. The molecule has 2 aromatic rings. The normalized spacial score (nSPS) is 10.9. The topological polar surface area (TPSA) is 52.6 Å². The van der Waals surface area contributed by atoms with Gasteiger partial charge in [0.2, 0.25) is 69.7 Å². The largest absolute Gasteiger partial charge is 0.420 e. The van der Waals surface area contributed by atoms with Crippen molar-refractivity contribution in [3.8, 4) is 11.5 Å². The molecule has 0 aliphatic rings. The number of carbonyl (C=O) groups excluding carboxylic acids is 2. The summed E-state index contributed by atoms with van der Waals surface area (Å²) < 4.78 is 139. The van der Waals surface area contributed by atoms with Gasteiger partial charge < -0.3 is 9.47 Å². The molecule has 0 amide bonds. The molecule has 0 aliphatic heterocycles. The predicted molar refractivity (Wildman–Crippen MR) is 77.6 cm³/mol. The summed E-state index contributed by atoms with van der Waals surface area (Å²) >= 11 is 0. The van der Waals surface area contributed by atoms with Crippen molar-refractivity contribution >= 4 is 11.9 Å². The first-order valence-corrected chi connectivity index (χ1v) is 7.82. The van der Waals surface area contributed by atoms with Crippen LogP contribution in [0, 0.1) is 58.2 Å². The third-order valence-corrected chi connectivity index (χ3v) is 3.53. The summed E-state index contributed by atoms with van der Waals surface area (Å²) in [6, 6.07) is 0. The summed E-state index contributed by atoms with van der Waals surface area (Å²) in [5, 5.41) is 0. The fourth-order valence-electron chi connectivity index (χ4n) is 2.06. The first-order valence-electron chi connectivity index (χ1n) is 7.82. The molecule has 31 heavy (non-hydrogen) atoms. The van der Waals surface area contributed by atoms with E-state index < -0.39 is 101 Å². The molecule has 0 N–H and O–H groups in total. The zero-order valence-corrected chi connectivity index (χ0v) is 14.5. The molecule has 0 radical (unpaired) electrons. The van der Waals surface area contributed by atoms with E-state index in [1.54, 1.807) is 0 Å². The highest BCUT2D eigenvalue weighted by Gasteiger charge is 2.30. The standard InChI is InChI=1S/C17H6F10O4/c18-6-8(20)12(24)16(13(25)9(6)21)30-4(28)2-1-3-5(29)31-17-14(26)10(22)7(19)11(23)15(17)27/h1-3H2. The zero-order valence-electron chi connectivity index (χ0n) is 14.5. The van der Waals surface area contributed by atoms with Gasteiger partial charge in [0.15, 0.2) is 0 Å². The Morgan fingerprint density at radius 1 is 0.452 bits per heavy atom. The molecule has 0 fully saturated rings. The minimum atomic E-state index is -2.49. The van der Waals surface area contributed by atoms with Crippen molar-refractivity contribution in [2.75, 3.05) is 0 Å². The molecule has 4 nitrogen and oxygen atoms in total. The fourth-order valence-corrected chi connectivity index (χ4v) is 2.06. The van der Waals surface area contributed by atoms with E-state index in [4.69, 9.17) is 0 Å². The first-order chi connectivity index (χ1) is 14.4. The van der Waals surface area contributed by atoms with Gasteiger partial charge in [-0.1, -0.05) is 0 Å². The number of benzene rings is 2. The highest BCUT2D eigenvalue weighted by Crippen LogP contribution is 2.30. The molecule has 168 valence electrons. The number of rotatable bonds is 6. The molecule has 0 heterocycles. The van der Waals surface area contributed by atoms with Crippen LogP contribution in [0.4, 0.5) is 43.9 Å². The lowest BCUT2D eigenvalue weighted by Gasteiger charge is -2.09. The maximum absolute atomic E-state index is 13.4. The molecule has 2 rings (SSSR count). The summed E-state index contributed by atoms with van der Waals surface area (Å²) in [6.07, 6.45) is -2.42. The quantitative estimate of drug-likeness (QED) is 0.204. The second-order valence-electron chi connectivity index (χ2n) is 5.60. The average Bonchev–Trinajstić information content (AvgIpc) is 2.74. The molecule has 2 aromatic carbocycles. The third-order valence-electron chi connectivity index (χ3n) is 3.53. The van der Waals surface area contributed by atoms with Crippen LogP contribution in [0.2, 0.25) is 0 Å². The van der Waals surface area contributed by atoms with E-state index in [0.717, 1.165) is 0 Å². The number of carbonyl (C=O) groups is 2. The molecule has 14 heteroatoms. The Kier molecular flexibility index (Phi) is 7.13. The second kappa shape index (κ2) is 9.22. The monoisotopic (exact) mass is 464 g/mol. The summed E-state index contributed by atoms with van der Waals surface area (Å²) in [4.78, 5) is 23.0. The molecular formula is C17H6F10O4. The maximum Gasteiger partial charge on any atom is 0.311 e. The number of ether oxygens (including phenoxy) is 2. The Bertz CT molecular complexity index is 928. The van der Waals surface area contributed by atoms with E-state index >= 15 is 0 Å². The third kappa shape index (κ3) is 4.72. The lowest BCUT2D eigenvalue weighted by molar-refractivity contribution is -0.136. The van der Waals surface area contributed by atoms with Gasteiger partial charge in [0.1, 0.15) is 0 Å². The van der Waals surface area contributed by atoms with Crippen molar-refractivity contribution in [1.82, 2.24) is 0 Å². The highest BCUT2D eigenvalue weighted by molar-refractivity contribution is 5.75. The van der Waals surface area contributed by atoms with E-state index in [1.807, 2.05) is 0 Å². The molecule has 0 saturated heterocycles. The molecule has 0 aromatic heterocycles. The zero-order chi connectivity index (χ0) is 23.6. The van der Waals surface area contributed by atoms with Crippen LogP contribution in [0.5, 0.6) is 11.5 Å². The van der Waals surface area contributed by atoms with Crippen molar-refractivity contribution in [1.29, 1.82) is 0 Å². The predicted octanol–water partition coefficient (Wildman–Crippen LogP) is 4.76. The summed E-state index contributed by atoms with van der Waals surface area (Å²) in [6.45, 7) is 0. The van der Waals surface area contributed by atoms with Gasteiger partial charge in [0.05, 0.1) is 0 Å². The van der Waals surface area contributed by atoms with Gasteiger partial charge in [0, 0.05) is 12.8 Å². The first kappa shape index (κ1) is 24.0. The van der Waals surface area contributed by atoms with E-state index in [9.17, 15) is 53.5 Å². The van der Waals surface area contributed by atoms with Gasteiger partial charge in [-0.25, -0.2) is 26.3 Å². The summed E-state index contributed by atoms with van der Waals surface area (Å²) in [5.74, 6) is -31.2. The Labute approximate surface area is 165 Å². The van der Waals surface area contributed by atoms with Crippen LogP contribution in [0.25, 0.3) is 0 Å². The van der Waals surface area contributed by atoms with E-state index in [0.29, 0.717) is 0 Å². The van der Waals surface area contributed by atoms with Gasteiger partial charge in [-0.3, -0.25) is 9.59 Å². The van der Waals surface area contributed by atoms with Crippen molar-refractivity contribution in [3.05, 3.63) is 58.2 Å². The van der Waals surface area contributed by atoms with E-state index in [1.165, 1.54) is 0 Å². The lowest BCUT2D eigenvalue weighted by atomic mass is 10.2. The Morgan fingerprint density at radius 3 is 0.935 bits per heavy atom. The molecule has 0 saturated carbocycles. The minimum Gasteiger partial charge on any atom is -0.420 e. The van der Waals surface area contributed by atoms with Crippen molar-refractivity contribution < 1.29 is 63.0 Å². The molecular weight excluding hydrogens is 458 g/mol. The number of hydrogen-bond donors (Lipinski definition) is 0. The summed E-state index contributed by atoms with van der Waals surface area (Å²) in [7, 11) is 0. The molecule has 0 unspecified atom stereocenters. The maximum atomic E-state index is 13.4. The molecule has 0 aliphatic carbocycles. The number of hydrogen-bond acceptors (Lipinski definition) is 4. The SMILES string of the molecule is O=C(CCCC(=O)Oc1c(F)c(F)c(F)c(F)c1F)Oc1c(F)c(F)c(F)c(F)c1F. The number of esters is 2. The Balaban J connectivity index is 2.00. The second-order valence-corrected chi connectivity index (χ2v) is 5.60. The van der Waals surface area contributed by atoms with Crippen LogP contribution >= 0.6 is 0 Å². The van der Waals surface area contributed by atoms with Crippen LogP contribution in [0.3, 0.4) is 0 Å². The van der Waals surface area contributed by atoms with Crippen molar-refractivity contribution in [2.45, 2.75) is 19.3 Å². The van der Waals surface area contributed by atoms with Gasteiger partial charge in [0.25, 0.3) is 0 Å². The molecule has 0 atom stereocenters. The molecule has 0 bridgehead atoms. The summed E-state index contributed by atoms with van der Waals surface area (Å²) in [5.41, 5.74) is 0. The van der Waals surface area contributed by atoms with Gasteiger partial charge in [-0.05, 0) is 6.42 Å².